The number of rotatable bonds is 6. The van der Waals surface area contributed by atoms with Crippen LogP contribution < -0.4 is 0 Å². The summed E-state index contributed by atoms with van der Waals surface area (Å²) < 4.78 is 0. The second-order valence-electron chi connectivity index (χ2n) is 7.67. The topological polar surface area (TPSA) is 62.8 Å². The van der Waals surface area contributed by atoms with Crippen LogP contribution in [-0.4, -0.2) is 21.5 Å². The highest BCUT2D eigenvalue weighted by atomic mass is 16.1. The van der Waals surface area contributed by atoms with E-state index in [1.54, 1.807) is 19.3 Å². The number of pyridine rings is 1. The number of hydrogen-bond donors (Lipinski definition) is 1. The summed E-state index contributed by atoms with van der Waals surface area (Å²) in [5, 5.41) is 0. The van der Waals surface area contributed by atoms with Crippen LogP contribution in [0.5, 0.6) is 0 Å². The predicted octanol–water partition coefficient (Wildman–Crippen LogP) is 4.78. The first kappa shape index (κ1) is 18.4. The fourth-order valence-electron chi connectivity index (χ4n) is 4.16. The van der Waals surface area contributed by atoms with Crippen molar-refractivity contribution in [3.8, 4) is 11.3 Å². The van der Waals surface area contributed by atoms with Crippen LogP contribution in [0.2, 0.25) is 0 Å². The summed E-state index contributed by atoms with van der Waals surface area (Å²) in [4.78, 5) is 32.1. The Balaban J connectivity index is 1.74. The normalized spacial score (nSPS) is 16.0. The minimum Gasteiger partial charge on any atom is -0.358 e. The number of fused-ring (bicyclic) bond motifs is 1. The van der Waals surface area contributed by atoms with E-state index >= 15 is 0 Å². The lowest BCUT2D eigenvalue weighted by Gasteiger charge is -2.21. The molecule has 1 unspecified atom stereocenters. The van der Waals surface area contributed by atoms with Crippen LogP contribution in [0.3, 0.4) is 0 Å². The number of aromatic amines is 1. The van der Waals surface area contributed by atoms with Crippen LogP contribution in [0.15, 0.2) is 54.9 Å². The third-order valence-electron chi connectivity index (χ3n) is 5.52. The lowest BCUT2D eigenvalue weighted by Crippen LogP contribution is -2.21. The number of benzene rings is 1. The van der Waals surface area contributed by atoms with E-state index < -0.39 is 0 Å². The second-order valence-corrected chi connectivity index (χ2v) is 7.67. The van der Waals surface area contributed by atoms with Gasteiger partial charge in [0, 0.05) is 48.5 Å². The number of ketones is 2. The van der Waals surface area contributed by atoms with Gasteiger partial charge in [-0.25, -0.2) is 0 Å². The molecule has 1 aliphatic rings. The van der Waals surface area contributed by atoms with Gasteiger partial charge in [0.2, 0.25) is 0 Å². The smallest absolute Gasteiger partial charge is 0.165 e. The number of carbonyl (C=O) groups is 2. The molecule has 1 aromatic carbocycles. The average molecular weight is 372 g/mol. The minimum atomic E-state index is 0.187. The third-order valence-corrected chi connectivity index (χ3v) is 5.52. The molecule has 0 saturated heterocycles. The maximum Gasteiger partial charge on any atom is 0.165 e. The quantitative estimate of drug-likeness (QED) is 0.677. The standard InChI is InChI=1S/C24H24N2O2/c1-16(27)7-8-18-14-21-23(22(28)15-18)20(13-17-5-3-2-4-6-17)24(26-21)19-9-11-25-12-10-19/h2-6,9-12,18,26H,7-8,13-15H2,1H3. The molecule has 2 heterocycles. The molecule has 4 heteroatoms. The van der Waals surface area contributed by atoms with Gasteiger partial charge in [-0.1, -0.05) is 30.3 Å². The van der Waals surface area contributed by atoms with Crippen molar-refractivity contribution in [2.45, 2.75) is 39.0 Å². The highest BCUT2D eigenvalue weighted by Gasteiger charge is 2.31. The molecule has 1 atom stereocenters. The van der Waals surface area contributed by atoms with Gasteiger partial charge in [-0.2, -0.15) is 0 Å². The Morgan fingerprint density at radius 3 is 2.57 bits per heavy atom. The summed E-state index contributed by atoms with van der Waals surface area (Å²) in [6.07, 6.45) is 6.93. The van der Waals surface area contributed by atoms with Crippen molar-refractivity contribution in [3.63, 3.8) is 0 Å². The van der Waals surface area contributed by atoms with Crippen LogP contribution >= 0.6 is 0 Å². The molecule has 28 heavy (non-hydrogen) atoms. The van der Waals surface area contributed by atoms with Crippen LogP contribution in [-0.2, 0) is 17.6 Å². The number of Topliss-reactive ketones (excluding diaryl/α,β-unsaturated/α-hetero) is 2. The summed E-state index contributed by atoms with van der Waals surface area (Å²) >= 11 is 0. The van der Waals surface area contributed by atoms with Crippen LogP contribution in [0, 0.1) is 5.92 Å². The van der Waals surface area contributed by atoms with Gasteiger partial charge in [-0.15, -0.1) is 0 Å². The van der Waals surface area contributed by atoms with E-state index in [4.69, 9.17) is 0 Å². The summed E-state index contributed by atoms with van der Waals surface area (Å²) in [5.41, 5.74) is 6.19. The second kappa shape index (κ2) is 7.93. The van der Waals surface area contributed by atoms with Crippen molar-refractivity contribution in [2.75, 3.05) is 0 Å². The molecular formula is C24H24N2O2. The Hall–Kier alpha value is -3.01. The SMILES string of the molecule is CC(=O)CCC1CC(=O)c2c([nH]c(-c3ccncc3)c2Cc2ccccc2)C1. The zero-order chi connectivity index (χ0) is 19.5. The lowest BCUT2D eigenvalue weighted by atomic mass is 9.81. The van der Waals surface area contributed by atoms with Crippen LogP contribution in [0.1, 0.15) is 53.4 Å². The maximum atomic E-state index is 13.1. The summed E-state index contributed by atoms with van der Waals surface area (Å²) in [5.74, 6) is 0.613. The van der Waals surface area contributed by atoms with Gasteiger partial charge in [0.05, 0.1) is 5.69 Å². The first-order valence-corrected chi connectivity index (χ1v) is 9.82. The number of H-pyrrole nitrogens is 1. The Bertz CT molecular complexity index is 990. The average Bonchev–Trinajstić information content (AvgIpc) is 3.06. The predicted molar refractivity (Wildman–Crippen MR) is 109 cm³/mol. The van der Waals surface area contributed by atoms with Crippen molar-refractivity contribution in [1.29, 1.82) is 0 Å². The minimum absolute atomic E-state index is 0.187. The van der Waals surface area contributed by atoms with Crippen LogP contribution in [0.25, 0.3) is 11.3 Å². The molecule has 0 amide bonds. The number of nitrogens with zero attached hydrogens (tertiary/aromatic N) is 1. The van der Waals surface area contributed by atoms with Crippen molar-refractivity contribution in [3.05, 3.63) is 77.2 Å². The zero-order valence-electron chi connectivity index (χ0n) is 16.1. The maximum absolute atomic E-state index is 13.1. The highest BCUT2D eigenvalue weighted by molar-refractivity contribution is 6.02. The first-order valence-electron chi connectivity index (χ1n) is 9.82. The molecule has 1 N–H and O–H groups in total. The lowest BCUT2D eigenvalue weighted by molar-refractivity contribution is -0.117. The number of nitrogens with one attached hydrogen (secondary N) is 1. The van der Waals surface area contributed by atoms with E-state index in [0.717, 1.165) is 40.9 Å². The Morgan fingerprint density at radius 2 is 1.86 bits per heavy atom. The Kier molecular flexibility index (Phi) is 5.20. The molecular weight excluding hydrogens is 348 g/mol. The molecule has 3 aromatic rings. The monoisotopic (exact) mass is 372 g/mol. The summed E-state index contributed by atoms with van der Waals surface area (Å²) in [6.45, 7) is 1.62. The molecule has 0 saturated carbocycles. The van der Waals surface area contributed by atoms with Gasteiger partial charge < -0.3 is 9.78 Å². The number of carbonyl (C=O) groups excluding carboxylic acids is 2. The zero-order valence-corrected chi connectivity index (χ0v) is 16.1. The molecule has 0 spiro atoms. The van der Waals surface area contributed by atoms with Gasteiger partial charge in [0.15, 0.2) is 5.78 Å². The number of aromatic nitrogens is 2. The number of hydrogen-bond acceptors (Lipinski definition) is 3. The van der Waals surface area contributed by atoms with Crippen molar-refractivity contribution < 1.29 is 9.59 Å². The summed E-state index contributed by atoms with van der Waals surface area (Å²) in [7, 11) is 0. The molecule has 4 rings (SSSR count). The van der Waals surface area contributed by atoms with E-state index in [1.807, 2.05) is 30.3 Å². The molecule has 1 aliphatic carbocycles. The van der Waals surface area contributed by atoms with E-state index in [-0.39, 0.29) is 17.5 Å². The van der Waals surface area contributed by atoms with Crippen molar-refractivity contribution in [1.82, 2.24) is 9.97 Å². The first-order chi connectivity index (χ1) is 13.6. The van der Waals surface area contributed by atoms with Gasteiger partial charge in [0.1, 0.15) is 5.78 Å². The van der Waals surface area contributed by atoms with E-state index in [0.29, 0.717) is 19.3 Å². The Labute approximate surface area is 165 Å². The molecule has 0 radical (unpaired) electrons. The fraction of sp³-hybridized carbons (Fsp3) is 0.292. The molecule has 0 aliphatic heterocycles. The fourth-order valence-corrected chi connectivity index (χ4v) is 4.16. The van der Waals surface area contributed by atoms with Gasteiger partial charge in [-0.3, -0.25) is 9.78 Å². The highest BCUT2D eigenvalue weighted by Crippen LogP contribution is 2.37. The van der Waals surface area contributed by atoms with E-state index in [1.165, 1.54) is 5.56 Å². The van der Waals surface area contributed by atoms with Crippen molar-refractivity contribution in [2.24, 2.45) is 5.92 Å². The largest absolute Gasteiger partial charge is 0.358 e. The Morgan fingerprint density at radius 1 is 1.11 bits per heavy atom. The van der Waals surface area contributed by atoms with Gasteiger partial charge in [0.25, 0.3) is 0 Å². The molecule has 4 nitrogen and oxygen atoms in total. The summed E-state index contributed by atoms with van der Waals surface area (Å²) in [6, 6.07) is 14.2. The third kappa shape index (κ3) is 3.81. The van der Waals surface area contributed by atoms with Gasteiger partial charge in [-0.05, 0) is 48.9 Å². The van der Waals surface area contributed by atoms with Gasteiger partial charge >= 0.3 is 0 Å². The molecule has 142 valence electrons. The van der Waals surface area contributed by atoms with Crippen molar-refractivity contribution >= 4 is 11.6 Å². The van der Waals surface area contributed by atoms with Crippen LogP contribution in [0.4, 0.5) is 0 Å². The molecule has 0 fully saturated rings. The van der Waals surface area contributed by atoms with E-state index in [9.17, 15) is 9.59 Å². The molecule has 0 bridgehead atoms. The molecule has 2 aromatic heterocycles. The van der Waals surface area contributed by atoms with E-state index in [2.05, 4.69) is 22.1 Å².